The standard InChI is InChI=1S/C13H9BrF3N3O/c1-6-18-10(12(16)17)5-11(19-6)13(21)20-9-3-2-7(14)4-8(9)15/h2-5,12H,1H3,(H,20,21). The molecule has 1 N–H and O–H groups in total. The molecule has 4 nitrogen and oxygen atoms in total. The topological polar surface area (TPSA) is 54.9 Å². The zero-order chi connectivity index (χ0) is 15.6. The average molecular weight is 360 g/mol. The maximum Gasteiger partial charge on any atom is 0.280 e. The van der Waals surface area contributed by atoms with Gasteiger partial charge in [-0.2, -0.15) is 0 Å². The van der Waals surface area contributed by atoms with Crippen molar-refractivity contribution in [2.24, 2.45) is 0 Å². The van der Waals surface area contributed by atoms with Gasteiger partial charge < -0.3 is 5.32 Å². The van der Waals surface area contributed by atoms with Crippen molar-refractivity contribution in [3.63, 3.8) is 0 Å². The van der Waals surface area contributed by atoms with E-state index in [1.54, 1.807) is 0 Å². The molecule has 1 aromatic carbocycles. The summed E-state index contributed by atoms with van der Waals surface area (Å²) in [6.45, 7) is 1.39. The predicted molar refractivity (Wildman–Crippen MR) is 73.8 cm³/mol. The number of alkyl halides is 2. The van der Waals surface area contributed by atoms with Crippen LogP contribution in [0.1, 0.15) is 28.4 Å². The smallest absolute Gasteiger partial charge is 0.280 e. The first-order chi connectivity index (χ1) is 9.86. The van der Waals surface area contributed by atoms with Crippen LogP contribution in [-0.4, -0.2) is 15.9 Å². The van der Waals surface area contributed by atoms with Gasteiger partial charge >= 0.3 is 0 Å². The molecule has 0 radical (unpaired) electrons. The number of amides is 1. The molecule has 0 spiro atoms. The summed E-state index contributed by atoms with van der Waals surface area (Å²) in [4.78, 5) is 19.3. The van der Waals surface area contributed by atoms with E-state index in [1.807, 2.05) is 0 Å². The van der Waals surface area contributed by atoms with Crippen molar-refractivity contribution in [2.75, 3.05) is 5.32 Å². The predicted octanol–water partition coefficient (Wildman–Crippen LogP) is 3.88. The summed E-state index contributed by atoms with van der Waals surface area (Å²) in [6.07, 6.45) is -2.82. The molecule has 0 saturated carbocycles. The average Bonchev–Trinajstić information content (AvgIpc) is 2.41. The minimum atomic E-state index is -2.82. The van der Waals surface area contributed by atoms with E-state index in [-0.39, 0.29) is 17.2 Å². The Hall–Kier alpha value is -1.96. The Morgan fingerprint density at radius 1 is 1.29 bits per heavy atom. The third-order valence-corrected chi connectivity index (χ3v) is 2.99. The lowest BCUT2D eigenvalue weighted by atomic mass is 10.2. The van der Waals surface area contributed by atoms with E-state index in [2.05, 4.69) is 31.2 Å². The van der Waals surface area contributed by atoms with Crippen molar-refractivity contribution in [1.29, 1.82) is 0 Å². The number of carbonyl (C=O) groups excluding carboxylic acids is 1. The molecule has 0 aliphatic carbocycles. The summed E-state index contributed by atoms with van der Waals surface area (Å²) in [5.41, 5.74) is -0.873. The van der Waals surface area contributed by atoms with E-state index in [1.165, 1.54) is 25.1 Å². The quantitative estimate of drug-likeness (QED) is 0.904. The Balaban J connectivity index is 2.28. The van der Waals surface area contributed by atoms with Crippen molar-refractivity contribution in [3.8, 4) is 0 Å². The Morgan fingerprint density at radius 3 is 2.62 bits per heavy atom. The molecule has 1 amide bonds. The Kier molecular flexibility index (Phi) is 4.56. The molecule has 0 unspecified atom stereocenters. The molecule has 0 bridgehead atoms. The number of hydrogen-bond acceptors (Lipinski definition) is 3. The van der Waals surface area contributed by atoms with E-state index < -0.39 is 23.8 Å². The van der Waals surface area contributed by atoms with Gasteiger partial charge in [-0.3, -0.25) is 4.79 Å². The number of nitrogens with zero attached hydrogens (tertiary/aromatic N) is 2. The fraction of sp³-hybridized carbons (Fsp3) is 0.154. The highest BCUT2D eigenvalue weighted by molar-refractivity contribution is 9.10. The van der Waals surface area contributed by atoms with E-state index in [9.17, 15) is 18.0 Å². The fourth-order valence-electron chi connectivity index (χ4n) is 1.60. The minimum Gasteiger partial charge on any atom is -0.318 e. The maximum absolute atomic E-state index is 13.6. The fourth-order valence-corrected chi connectivity index (χ4v) is 1.93. The van der Waals surface area contributed by atoms with Gasteiger partial charge in [-0.1, -0.05) is 15.9 Å². The van der Waals surface area contributed by atoms with E-state index in [0.717, 1.165) is 6.07 Å². The van der Waals surface area contributed by atoms with Crippen molar-refractivity contribution < 1.29 is 18.0 Å². The number of benzene rings is 1. The molecule has 21 heavy (non-hydrogen) atoms. The lowest BCUT2D eigenvalue weighted by molar-refractivity contribution is 0.102. The Morgan fingerprint density at radius 2 is 2.00 bits per heavy atom. The lowest BCUT2D eigenvalue weighted by Gasteiger charge is -2.08. The van der Waals surface area contributed by atoms with Crippen molar-refractivity contribution in [2.45, 2.75) is 13.3 Å². The van der Waals surface area contributed by atoms with E-state index in [4.69, 9.17) is 0 Å². The highest BCUT2D eigenvalue weighted by atomic mass is 79.9. The molecule has 0 fully saturated rings. The summed E-state index contributed by atoms with van der Waals surface area (Å²) >= 11 is 3.09. The number of anilines is 1. The van der Waals surface area contributed by atoms with Crippen LogP contribution in [0.3, 0.4) is 0 Å². The first kappa shape index (κ1) is 15.4. The molecule has 2 rings (SSSR count). The number of carbonyl (C=O) groups is 1. The summed E-state index contributed by atoms with van der Waals surface area (Å²) < 4.78 is 39.4. The normalized spacial score (nSPS) is 10.8. The van der Waals surface area contributed by atoms with Crippen LogP contribution in [0.2, 0.25) is 0 Å². The second-order valence-electron chi connectivity index (χ2n) is 4.10. The Labute approximate surface area is 126 Å². The SMILES string of the molecule is Cc1nc(C(=O)Nc2ccc(Br)cc2F)cc(C(F)F)n1. The minimum absolute atomic E-state index is 0.0363. The van der Waals surface area contributed by atoms with Gasteiger partial charge in [0, 0.05) is 4.47 Å². The summed E-state index contributed by atoms with van der Waals surface area (Å²) in [5.74, 6) is -1.41. The lowest BCUT2D eigenvalue weighted by Crippen LogP contribution is -2.16. The number of halogens is 4. The highest BCUT2D eigenvalue weighted by Gasteiger charge is 2.17. The third kappa shape index (κ3) is 3.78. The first-order valence-corrected chi connectivity index (χ1v) is 6.56. The number of nitrogens with one attached hydrogen (secondary N) is 1. The molecule has 0 aliphatic heterocycles. The molecule has 0 atom stereocenters. The van der Waals surface area contributed by atoms with Crippen molar-refractivity contribution in [3.05, 3.63) is 51.8 Å². The summed E-state index contributed by atoms with van der Waals surface area (Å²) in [6, 6.07) is 4.93. The van der Waals surface area contributed by atoms with Crippen LogP contribution in [0.25, 0.3) is 0 Å². The van der Waals surface area contributed by atoms with Crippen molar-refractivity contribution >= 4 is 27.5 Å². The first-order valence-electron chi connectivity index (χ1n) is 5.77. The van der Waals surface area contributed by atoms with Gasteiger partial charge in [0.1, 0.15) is 23.0 Å². The number of aryl methyl sites for hydroxylation is 1. The highest BCUT2D eigenvalue weighted by Crippen LogP contribution is 2.21. The molecule has 1 heterocycles. The van der Waals surface area contributed by atoms with Crippen LogP contribution in [-0.2, 0) is 0 Å². The van der Waals surface area contributed by atoms with Crippen LogP contribution in [0.5, 0.6) is 0 Å². The molecule has 110 valence electrons. The molecule has 1 aromatic heterocycles. The molecular formula is C13H9BrF3N3O. The molecule has 0 aliphatic rings. The maximum atomic E-state index is 13.6. The number of aromatic nitrogens is 2. The van der Waals surface area contributed by atoms with Gasteiger partial charge in [-0.15, -0.1) is 0 Å². The third-order valence-electron chi connectivity index (χ3n) is 2.49. The Bertz CT molecular complexity index is 694. The zero-order valence-corrected chi connectivity index (χ0v) is 12.3. The van der Waals surface area contributed by atoms with Gasteiger partial charge in [0.25, 0.3) is 12.3 Å². The van der Waals surface area contributed by atoms with Crippen LogP contribution < -0.4 is 5.32 Å². The van der Waals surface area contributed by atoms with E-state index in [0.29, 0.717) is 4.47 Å². The van der Waals surface area contributed by atoms with Crippen LogP contribution in [0, 0.1) is 12.7 Å². The molecule has 2 aromatic rings. The summed E-state index contributed by atoms with van der Waals surface area (Å²) in [7, 11) is 0. The van der Waals surface area contributed by atoms with Gasteiger partial charge in [0.2, 0.25) is 0 Å². The number of rotatable bonds is 3. The molecular weight excluding hydrogens is 351 g/mol. The summed E-state index contributed by atoms with van der Waals surface area (Å²) in [5, 5.41) is 2.28. The molecule has 0 saturated heterocycles. The van der Waals surface area contributed by atoms with Crippen LogP contribution >= 0.6 is 15.9 Å². The van der Waals surface area contributed by atoms with Crippen molar-refractivity contribution in [1.82, 2.24) is 9.97 Å². The zero-order valence-electron chi connectivity index (χ0n) is 10.7. The second kappa shape index (κ2) is 6.21. The van der Waals surface area contributed by atoms with E-state index >= 15 is 0 Å². The molecule has 8 heteroatoms. The van der Waals surface area contributed by atoms with Gasteiger partial charge in [0.15, 0.2) is 0 Å². The largest absolute Gasteiger partial charge is 0.318 e. The van der Waals surface area contributed by atoms with Crippen LogP contribution in [0.15, 0.2) is 28.7 Å². The van der Waals surface area contributed by atoms with Gasteiger partial charge in [0.05, 0.1) is 5.69 Å². The van der Waals surface area contributed by atoms with Gasteiger partial charge in [-0.05, 0) is 31.2 Å². The van der Waals surface area contributed by atoms with Gasteiger partial charge in [-0.25, -0.2) is 23.1 Å². The monoisotopic (exact) mass is 359 g/mol. The van der Waals surface area contributed by atoms with Crippen LogP contribution in [0.4, 0.5) is 18.9 Å². The number of hydrogen-bond donors (Lipinski definition) is 1. The second-order valence-corrected chi connectivity index (χ2v) is 5.02.